The molecule has 8 heteroatoms. The first kappa shape index (κ1) is 17.8. The average molecular weight is 387 g/mol. The molecule has 0 atom stereocenters. The van der Waals surface area contributed by atoms with E-state index in [0.29, 0.717) is 43.4 Å². The van der Waals surface area contributed by atoms with Gasteiger partial charge in [0.1, 0.15) is 5.75 Å². The Labute approximate surface area is 158 Å². The van der Waals surface area contributed by atoms with E-state index in [1.807, 2.05) is 17.9 Å². The lowest BCUT2D eigenvalue weighted by Gasteiger charge is -2.26. The minimum absolute atomic E-state index is 0.210. The Morgan fingerprint density at radius 3 is 2.44 bits per heavy atom. The number of rotatable bonds is 4. The molecule has 27 heavy (non-hydrogen) atoms. The molecule has 1 saturated heterocycles. The van der Waals surface area contributed by atoms with Gasteiger partial charge in [-0.05, 0) is 37.3 Å². The van der Waals surface area contributed by atoms with Crippen LogP contribution >= 0.6 is 0 Å². The monoisotopic (exact) mass is 387 g/mol. The van der Waals surface area contributed by atoms with Crippen molar-refractivity contribution < 1.29 is 17.9 Å². The molecule has 0 bridgehead atoms. The third kappa shape index (κ3) is 3.15. The zero-order chi connectivity index (χ0) is 19.0. The number of aryl methyl sites for hydroxylation is 1. The molecule has 0 radical (unpaired) electrons. The summed E-state index contributed by atoms with van der Waals surface area (Å²) >= 11 is 0. The smallest absolute Gasteiger partial charge is 0.283 e. The number of anilines is 1. The summed E-state index contributed by atoms with van der Waals surface area (Å²) in [7, 11) is -2.23. The summed E-state index contributed by atoms with van der Waals surface area (Å²) in [5.41, 5.74) is 1.52. The zero-order valence-corrected chi connectivity index (χ0v) is 16.1. The van der Waals surface area contributed by atoms with Crippen molar-refractivity contribution in [3.8, 4) is 5.75 Å². The number of nitrogens with zero attached hydrogens (tertiary/aromatic N) is 3. The fourth-order valence-corrected chi connectivity index (χ4v) is 4.47. The van der Waals surface area contributed by atoms with E-state index in [2.05, 4.69) is 5.10 Å². The molecule has 0 unspecified atom stereocenters. The molecular formula is C19H21N3O4S. The Bertz CT molecular complexity index is 1070. The predicted octanol–water partition coefficient (Wildman–Crippen LogP) is 2.43. The normalized spacial score (nSPS) is 15.3. The summed E-state index contributed by atoms with van der Waals surface area (Å²) in [6.45, 7) is 4.41. The summed E-state index contributed by atoms with van der Waals surface area (Å²) in [4.78, 5) is 2.26. The van der Waals surface area contributed by atoms with Gasteiger partial charge in [0.25, 0.3) is 10.0 Å². The number of methoxy groups -OCH3 is 1. The molecule has 1 aromatic heterocycles. The van der Waals surface area contributed by atoms with Gasteiger partial charge in [-0.1, -0.05) is 17.7 Å². The first-order valence-electron chi connectivity index (χ1n) is 8.72. The van der Waals surface area contributed by atoms with Crippen LogP contribution < -0.4 is 9.64 Å². The highest BCUT2D eigenvalue weighted by atomic mass is 32.2. The van der Waals surface area contributed by atoms with Crippen LogP contribution in [-0.4, -0.2) is 51.0 Å². The SMILES string of the molecule is COc1ccc2c(c1)c(N1CCOCC1)nn2S(=O)(=O)c1ccc(C)cc1. The molecule has 2 aromatic carbocycles. The highest BCUT2D eigenvalue weighted by Crippen LogP contribution is 2.32. The number of morpholine rings is 1. The Morgan fingerprint density at radius 2 is 1.78 bits per heavy atom. The minimum Gasteiger partial charge on any atom is -0.497 e. The van der Waals surface area contributed by atoms with Gasteiger partial charge in [-0.15, -0.1) is 5.10 Å². The van der Waals surface area contributed by atoms with Crippen molar-refractivity contribution in [1.29, 1.82) is 0 Å². The molecule has 1 aliphatic heterocycles. The number of ether oxygens (including phenoxy) is 2. The van der Waals surface area contributed by atoms with Crippen molar-refractivity contribution in [2.75, 3.05) is 38.3 Å². The van der Waals surface area contributed by atoms with Gasteiger partial charge in [0.15, 0.2) is 5.82 Å². The largest absolute Gasteiger partial charge is 0.497 e. The fraction of sp³-hybridized carbons (Fsp3) is 0.316. The van der Waals surface area contributed by atoms with Gasteiger partial charge in [-0.3, -0.25) is 0 Å². The van der Waals surface area contributed by atoms with E-state index in [1.165, 1.54) is 0 Å². The third-order valence-corrected chi connectivity index (χ3v) is 6.29. The van der Waals surface area contributed by atoms with Crippen LogP contribution in [0.25, 0.3) is 10.9 Å². The first-order valence-corrected chi connectivity index (χ1v) is 10.2. The second-order valence-corrected chi connectivity index (χ2v) is 8.23. The molecule has 0 aliphatic carbocycles. The van der Waals surface area contributed by atoms with Gasteiger partial charge in [-0.2, -0.15) is 12.5 Å². The van der Waals surface area contributed by atoms with Crippen molar-refractivity contribution in [2.24, 2.45) is 0 Å². The summed E-state index contributed by atoms with van der Waals surface area (Å²) in [5, 5.41) is 5.24. The van der Waals surface area contributed by atoms with E-state index < -0.39 is 10.0 Å². The summed E-state index contributed by atoms with van der Waals surface area (Å²) in [6, 6.07) is 12.1. The summed E-state index contributed by atoms with van der Waals surface area (Å²) < 4.78 is 38.3. The summed E-state index contributed by atoms with van der Waals surface area (Å²) in [6.07, 6.45) is 0. The van der Waals surface area contributed by atoms with E-state index in [1.54, 1.807) is 43.5 Å². The number of benzene rings is 2. The van der Waals surface area contributed by atoms with Crippen LogP contribution in [0.5, 0.6) is 5.75 Å². The van der Waals surface area contributed by atoms with Gasteiger partial charge < -0.3 is 14.4 Å². The highest BCUT2D eigenvalue weighted by molar-refractivity contribution is 7.90. The van der Waals surface area contributed by atoms with Gasteiger partial charge in [0.05, 0.1) is 30.7 Å². The summed E-state index contributed by atoms with van der Waals surface area (Å²) in [5.74, 6) is 1.28. The van der Waals surface area contributed by atoms with Gasteiger partial charge in [-0.25, -0.2) is 0 Å². The Balaban J connectivity index is 1.91. The fourth-order valence-electron chi connectivity index (χ4n) is 3.18. The van der Waals surface area contributed by atoms with Crippen LogP contribution in [0.1, 0.15) is 5.56 Å². The van der Waals surface area contributed by atoms with E-state index in [4.69, 9.17) is 9.47 Å². The van der Waals surface area contributed by atoms with Crippen LogP contribution in [0.15, 0.2) is 47.4 Å². The van der Waals surface area contributed by atoms with Crippen LogP contribution in [-0.2, 0) is 14.8 Å². The minimum atomic E-state index is -3.81. The molecule has 4 rings (SSSR count). The molecule has 3 aromatic rings. The maximum Gasteiger partial charge on any atom is 0.283 e. The van der Waals surface area contributed by atoms with E-state index in [0.717, 1.165) is 15.0 Å². The van der Waals surface area contributed by atoms with E-state index in [9.17, 15) is 8.42 Å². The Morgan fingerprint density at radius 1 is 1.07 bits per heavy atom. The van der Waals surface area contributed by atoms with Crippen molar-refractivity contribution in [1.82, 2.24) is 9.19 Å². The topological polar surface area (TPSA) is 73.7 Å². The lowest BCUT2D eigenvalue weighted by molar-refractivity contribution is 0.122. The second kappa shape index (κ2) is 6.86. The molecule has 0 spiro atoms. The number of fused-ring (bicyclic) bond motifs is 1. The van der Waals surface area contributed by atoms with Gasteiger partial charge in [0, 0.05) is 18.5 Å². The maximum atomic E-state index is 13.2. The first-order chi connectivity index (χ1) is 13.0. The molecule has 0 saturated carbocycles. The molecule has 2 heterocycles. The molecule has 142 valence electrons. The second-order valence-electron chi connectivity index (χ2n) is 6.47. The lowest BCUT2D eigenvalue weighted by Crippen LogP contribution is -2.36. The number of aromatic nitrogens is 2. The van der Waals surface area contributed by atoms with Crippen molar-refractivity contribution in [2.45, 2.75) is 11.8 Å². The maximum absolute atomic E-state index is 13.2. The van der Waals surface area contributed by atoms with E-state index >= 15 is 0 Å². The molecule has 7 nitrogen and oxygen atoms in total. The lowest BCUT2D eigenvalue weighted by atomic mass is 10.2. The van der Waals surface area contributed by atoms with Crippen LogP contribution in [0.3, 0.4) is 0 Å². The van der Waals surface area contributed by atoms with Gasteiger partial charge >= 0.3 is 0 Å². The Hall–Kier alpha value is -2.58. The van der Waals surface area contributed by atoms with Crippen LogP contribution in [0.2, 0.25) is 0 Å². The molecule has 0 amide bonds. The molecule has 1 aliphatic rings. The van der Waals surface area contributed by atoms with Gasteiger partial charge in [0.2, 0.25) is 0 Å². The molecule has 0 N–H and O–H groups in total. The zero-order valence-electron chi connectivity index (χ0n) is 15.3. The quantitative estimate of drug-likeness (QED) is 0.685. The predicted molar refractivity (Wildman–Crippen MR) is 103 cm³/mol. The standard InChI is InChI=1S/C19H21N3O4S/c1-14-3-6-16(7-4-14)27(23,24)22-18-8-5-15(25-2)13-17(18)19(20-22)21-9-11-26-12-10-21/h3-8,13H,9-12H2,1-2H3. The van der Waals surface area contributed by atoms with Crippen molar-refractivity contribution in [3.63, 3.8) is 0 Å². The number of hydrogen-bond donors (Lipinski definition) is 0. The number of hydrogen-bond acceptors (Lipinski definition) is 6. The average Bonchev–Trinajstić information content (AvgIpc) is 3.08. The van der Waals surface area contributed by atoms with Crippen molar-refractivity contribution in [3.05, 3.63) is 48.0 Å². The highest BCUT2D eigenvalue weighted by Gasteiger charge is 2.26. The third-order valence-electron chi connectivity index (χ3n) is 4.69. The van der Waals surface area contributed by atoms with Crippen LogP contribution in [0.4, 0.5) is 5.82 Å². The Kier molecular flexibility index (Phi) is 4.53. The van der Waals surface area contributed by atoms with Crippen molar-refractivity contribution >= 4 is 26.7 Å². The van der Waals surface area contributed by atoms with E-state index in [-0.39, 0.29) is 4.90 Å². The molecule has 1 fully saturated rings. The molecular weight excluding hydrogens is 366 g/mol. The van der Waals surface area contributed by atoms with Crippen LogP contribution in [0, 0.1) is 6.92 Å².